The first-order valence-electron chi connectivity index (χ1n) is 12.0. The van der Waals surface area contributed by atoms with Gasteiger partial charge in [0.05, 0.1) is 0 Å². The van der Waals surface area contributed by atoms with E-state index in [1.165, 1.54) is 12.0 Å². The van der Waals surface area contributed by atoms with Crippen LogP contribution in [0, 0.1) is 5.92 Å². The molecule has 4 nitrogen and oxygen atoms in total. The van der Waals surface area contributed by atoms with Gasteiger partial charge in [-0.25, -0.2) is 0 Å². The Bertz CT molecular complexity index is 1150. The van der Waals surface area contributed by atoms with Gasteiger partial charge in [0.2, 0.25) is 0 Å². The normalized spacial score (nSPS) is 11.5. The summed E-state index contributed by atoms with van der Waals surface area (Å²) < 4.78 is 0. The summed E-state index contributed by atoms with van der Waals surface area (Å²) in [5.41, 5.74) is 8.90. The molecule has 0 aliphatic rings. The molecule has 0 saturated carbocycles. The van der Waals surface area contributed by atoms with Crippen LogP contribution in [0.25, 0.3) is 0 Å². The maximum atomic E-state index is 3.49. The second-order valence-electron chi connectivity index (χ2n) is 8.77. The summed E-state index contributed by atoms with van der Waals surface area (Å²) in [7, 11) is 1.92. The fourth-order valence-corrected chi connectivity index (χ4v) is 3.76. The molecule has 0 aliphatic carbocycles. The number of rotatable bonds is 10. The first-order chi connectivity index (χ1) is 16.6. The van der Waals surface area contributed by atoms with Crippen molar-refractivity contribution in [3.8, 4) is 0 Å². The zero-order valence-electron chi connectivity index (χ0n) is 20.2. The van der Waals surface area contributed by atoms with E-state index < -0.39 is 0 Å². The van der Waals surface area contributed by atoms with Gasteiger partial charge in [0.15, 0.2) is 0 Å². The molecule has 174 valence electrons. The monoisotopic (exact) mass is 450 g/mol. The lowest BCUT2D eigenvalue weighted by atomic mass is 9.99. The molecule has 4 rings (SSSR count). The maximum Gasteiger partial charge on any atom is 0.0385 e. The van der Waals surface area contributed by atoms with Crippen LogP contribution in [0.2, 0.25) is 0 Å². The fourth-order valence-electron chi connectivity index (χ4n) is 3.76. The number of hydrogen-bond donors (Lipinski definition) is 4. The molecule has 0 fully saturated rings. The van der Waals surface area contributed by atoms with Crippen molar-refractivity contribution in [2.75, 3.05) is 28.3 Å². The topological polar surface area (TPSA) is 48.1 Å². The van der Waals surface area contributed by atoms with Crippen LogP contribution in [0.5, 0.6) is 0 Å². The Morgan fingerprint density at radius 2 is 0.794 bits per heavy atom. The molecule has 4 aromatic rings. The molecule has 0 amide bonds. The number of benzene rings is 4. The van der Waals surface area contributed by atoms with Gasteiger partial charge in [-0.1, -0.05) is 32.4 Å². The van der Waals surface area contributed by atoms with Gasteiger partial charge in [-0.2, -0.15) is 0 Å². The van der Waals surface area contributed by atoms with Crippen molar-refractivity contribution < 1.29 is 0 Å². The minimum Gasteiger partial charge on any atom is -0.388 e. The third kappa shape index (κ3) is 6.55. The molecule has 1 unspecified atom stereocenters. The van der Waals surface area contributed by atoms with Crippen molar-refractivity contribution in [2.24, 2.45) is 5.92 Å². The van der Waals surface area contributed by atoms with E-state index in [0.29, 0.717) is 0 Å². The van der Waals surface area contributed by atoms with E-state index in [1.807, 2.05) is 7.05 Å². The largest absolute Gasteiger partial charge is 0.388 e. The third-order valence-electron chi connectivity index (χ3n) is 6.04. The van der Waals surface area contributed by atoms with Crippen molar-refractivity contribution in [3.05, 3.63) is 103 Å². The molecular weight excluding hydrogens is 416 g/mol. The average molecular weight is 451 g/mol. The summed E-state index contributed by atoms with van der Waals surface area (Å²) in [4.78, 5) is 0. The highest BCUT2D eigenvalue weighted by atomic mass is 14.9. The highest BCUT2D eigenvalue weighted by Crippen LogP contribution is 2.25. The lowest BCUT2D eigenvalue weighted by Crippen LogP contribution is -1.98. The van der Waals surface area contributed by atoms with Gasteiger partial charge < -0.3 is 21.3 Å². The minimum absolute atomic E-state index is 0.724. The van der Waals surface area contributed by atoms with E-state index in [2.05, 4.69) is 132 Å². The standard InChI is InChI=1S/C30H34N4/c1-4-22(2)21-23-5-7-25(8-6-23)32-27-13-15-29(16-14-27)34-30-19-17-28(18-20-30)33-26-11-9-24(31-3)10-12-26/h5-20,22,31-34H,4,21H2,1-3H3. The first kappa shape index (κ1) is 23.2. The Morgan fingerprint density at radius 3 is 1.09 bits per heavy atom. The third-order valence-corrected chi connectivity index (χ3v) is 6.04. The van der Waals surface area contributed by atoms with Gasteiger partial charge in [0.1, 0.15) is 0 Å². The van der Waals surface area contributed by atoms with Crippen molar-refractivity contribution in [1.29, 1.82) is 0 Å². The van der Waals surface area contributed by atoms with Gasteiger partial charge in [-0.3, -0.25) is 0 Å². The van der Waals surface area contributed by atoms with Crippen LogP contribution in [0.3, 0.4) is 0 Å². The Kier molecular flexibility index (Phi) is 7.71. The van der Waals surface area contributed by atoms with Crippen LogP contribution in [0.4, 0.5) is 39.8 Å². The van der Waals surface area contributed by atoms with Gasteiger partial charge >= 0.3 is 0 Å². The predicted molar refractivity (Wildman–Crippen MR) is 148 cm³/mol. The molecule has 0 saturated heterocycles. The van der Waals surface area contributed by atoms with Crippen LogP contribution >= 0.6 is 0 Å². The van der Waals surface area contributed by atoms with Crippen LogP contribution < -0.4 is 21.3 Å². The quantitative estimate of drug-likeness (QED) is 0.195. The zero-order valence-corrected chi connectivity index (χ0v) is 20.2. The Morgan fingerprint density at radius 1 is 0.500 bits per heavy atom. The van der Waals surface area contributed by atoms with Crippen LogP contribution in [-0.2, 0) is 6.42 Å². The number of nitrogens with one attached hydrogen (secondary N) is 4. The number of anilines is 7. The summed E-state index contributed by atoms with van der Waals surface area (Å²) in [6.45, 7) is 4.55. The maximum absolute atomic E-state index is 3.49. The van der Waals surface area contributed by atoms with Crippen molar-refractivity contribution in [1.82, 2.24) is 0 Å². The zero-order chi connectivity index (χ0) is 23.8. The van der Waals surface area contributed by atoms with Gasteiger partial charge in [0, 0.05) is 46.9 Å². The van der Waals surface area contributed by atoms with Crippen LogP contribution in [-0.4, -0.2) is 7.05 Å². The van der Waals surface area contributed by atoms with E-state index in [4.69, 9.17) is 0 Å². The lowest BCUT2D eigenvalue weighted by molar-refractivity contribution is 0.560. The Hall–Kier alpha value is -3.92. The van der Waals surface area contributed by atoms with Crippen molar-refractivity contribution in [2.45, 2.75) is 26.7 Å². The van der Waals surface area contributed by atoms with E-state index in [-0.39, 0.29) is 0 Å². The number of hydrogen-bond acceptors (Lipinski definition) is 4. The molecule has 0 aliphatic heterocycles. The second-order valence-corrected chi connectivity index (χ2v) is 8.77. The Labute approximate surface area is 203 Å². The molecule has 4 aromatic carbocycles. The Balaban J connectivity index is 1.30. The molecule has 0 radical (unpaired) electrons. The second kappa shape index (κ2) is 11.3. The summed E-state index contributed by atoms with van der Waals surface area (Å²) in [6.07, 6.45) is 2.35. The van der Waals surface area contributed by atoms with Crippen molar-refractivity contribution in [3.63, 3.8) is 0 Å². The smallest absolute Gasteiger partial charge is 0.0385 e. The van der Waals surface area contributed by atoms with Gasteiger partial charge in [0.25, 0.3) is 0 Å². The highest BCUT2D eigenvalue weighted by Gasteiger charge is 2.02. The molecule has 0 bridgehead atoms. The molecule has 0 spiro atoms. The van der Waals surface area contributed by atoms with E-state index in [9.17, 15) is 0 Å². The predicted octanol–water partition coefficient (Wildman–Crippen LogP) is 8.55. The lowest BCUT2D eigenvalue weighted by Gasteiger charge is -2.12. The molecule has 4 N–H and O–H groups in total. The van der Waals surface area contributed by atoms with Gasteiger partial charge in [-0.05, 0) is 103 Å². The van der Waals surface area contributed by atoms with Crippen molar-refractivity contribution >= 4 is 39.8 Å². The first-order valence-corrected chi connectivity index (χ1v) is 12.0. The summed E-state index contributed by atoms with van der Waals surface area (Å²) in [5.74, 6) is 0.724. The molecule has 1 atom stereocenters. The highest BCUT2D eigenvalue weighted by molar-refractivity contribution is 5.69. The van der Waals surface area contributed by atoms with Crippen LogP contribution in [0.1, 0.15) is 25.8 Å². The minimum atomic E-state index is 0.724. The molecule has 34 heavy (non-hydrogen) atoms. The van der Waals surface area contributed by atoms with E-state index in [1.54, 1.807) is 0 Å². The summed E-state index contributed by atoms with van der Waals surface area (Å²) >= 11 is 0. The van der Waals surface area contributed by atoms with Crippen LogP contribution in [0.15, 0.2) is 97.1 Å². The fraction of sp³-hybridized carbons (Fsp3) is 0.200. The summed E-state index contributed by atoms with van der Waals surface area (Å²) in [6, 6.07) is 33.7. The SMILES string of the molecule is CCC(C)Cc1ccc(Nc2ccc(Nc3ccc(Nc4ccc(NC)cc4)cc3)cc2)cc1. The molecule has 4 heteroatoms. The van der Waals surface area contributed by atoms with E-state index in [0.717, 1.165) is 52.2 Å². The molecule has 0 heterocycles. The molecular formula is C30H34N4. The summed E-state index contributed by atoms with van der Waals surface area (Å²) in [5, 5.41) is 13.5. The van der Waals surface area contributed by atoms with Gasteiger partial charge in [-0.15, -0.1) is 0 Å². The van der Waals surface area contributed by atoms with E-state index >= 15 is 0 Å². The average Bonchev–Trinajstić information content (AvgIpc) is 2.88. The molecule has 0 aromatic heterocycles.